The fraction of sp³-hybridized carbons (Fsp3) is 0.957. The standard InChI is InChI=1S/C23H46O16P4S/c1-12-15(4)34-18(21(12)24)9-33-43(30,44)38-23-14(3)17(6)35-19(23)10-31-40(7,8)37-22-13(2)16(5)36-20(22)11-32-42(28,29)39-41(25,26)27/h12-24H,7,9-11H2,1-6,8H3,(H,28,29)(H,30,44)(H2,25,26,27)/t12-,13-,14-,15-,16-,17-,18?,19?,20?,21-,22-,23-,40?,43?/m0/s1. The summed E-state index contributed by atoms with van der Waals surface area (Å²) < 4.78 is 85.8. The van der Waals surface area contributed by atoms with Gasteiger partial charge in [0.2, 0.25) is 0 Å². The van der Waals surface area contributed by atoms with Gasteiger partial charge in [-0.25, -0.2) is 13.7 Å². The van der Waals surface area contributed by atoms with Crippen LogP contribution in [0.5, 0.6) is 0 Å². The molecule has 15 atom stereocenters. The summed E-state index contributed by atoms with van der Waals surface area (Å²) in [7, 11) is -13.3. The molecular formula is C23H46O16P4S. The van der Waals surface area contributed by atoms with Gasteiger partial charge in [0.1, 0.15) is 31.8 Å². The summed E-state index contributed by atoms with van der Waals surface area (Å²) in [6.45, 7) is 7.93. The molecule has 3 saturated heterocycles. The van der Waals surface area contributed by atoms with Gasteiger partial charge in [-0.05, 0) is 20.8 Å². The Balaban J connectivity index is 1.59. The molecule has 3 heterocycles. The van der Waals surface area contributed by atoms with Gasteiger partial charge in [-0.3, -0.25) is 13.6 Å². The molecule has 6 unspecified atom stereocenters. The van der Waals surface area contributed by atoms with Gasteiger partial charge in [-0.1, -0.05) is 39.3 Å². The molecule has 3 aliphatic rings. The lowest BCUT2D eigenvalue weighted by atomic mass is 10.00. The molecule has 0 saturated carbocycles. The molecule has 0 aliphatic carbocycles. The molecule has 3 aliphatic heterocycles. The fourth-order valence-electron chi connectivity index (χ4n) is 5.19. The largest absolute Gasteiger partial charge is 0.481 e. The van der Waals surface area contributed by atoms with E-state index in [-0.39, 0.29) is 49.3 Å². The summed E-state index contributed by atoms with van der Waals surface area (Å²) in [6.07, 6.45) is -1.26. The lowest BCUT2D eigenvalue weighted by Gasteiger charge is -2.31. The third-order valence-corrected chi connectivity index (χ3v) is 13.4. The number of phosphoric ester groups is 1. The van der Waals surface area contributed by atoms with Crippen LogP contribution < -0.4 is 0 Å². The van der Waals surface area contributed by atoms with E-state index in [0.29, 0.717) is 0 Å². The average molecular weight is 735 g/mol. The third kappa shape index (κ3) is 10.9. The molecule has 0 amide bonds. The quantitative estimate of drug-likeness (QED) is 0.120. The van der Waals surface area contributed by atoms with E-state index in [2.05, 4.69) is 22.9 Å². The summed E-state index contributed by atoms with van der Waals surface area (Å²) >= 11 is 4.15. The predicted octanol–water partition coefficient (Wildman–Crippen LogP) is 3.59. The monoisotopic (exact) mass is 734 g/mol. The molecule has 21 heteroatoms. The van der Waals surface area contributed by atoms with E-state index in [1.54, 1.807) is 13.6 Å². The Bertz CT molecular complexity index is 1170. The number of hydrogen-bond acceptors (Lipinski definition) is 13. The van der Waals surface area contributed by atoms with Gasteiger partial charge in [0, 0.05) is 24.4 Å². The first-order chi connectivity index (χ1) is 20.0. The Morgan fingerprint density at radius 2 is 1.14 bits per heavy atom. The minimum atomic E-state index is -5.29. The van der Waals surface area contributed by atoms with Gasteiger partial charge in [0.15, 0.2) is 0 Å². The van der Waals surface area contributed by atoms with Gasteiger partial charge in [-0.2, -0.15) is 4.31 Å². The van der Waals surface area contributed by atoms with Gasteiger partial charge >= 0.3 is 22.4 Å². The molecule has 260 valence electrons. The van der Waals surface area contributed by atoms with Crippen LogP contribution in [0.2, 0.25) is 0 Å². The molecule has 0 aromatic carbocycles. The third-order valence-electron chi connectivity index (χ3n) is 8.20. The molecule has 3 fully saturated rings. The average Bonchev–Trinajstić information content (AvgIpc) is 3.40. The Labute approximate surface area is 263 Å². The van der Waals surface area contributed by atoms with Gasteiger partial charge in [0.05, 0.1) is 50.3 Å². The van der Waals surface area contributed by atoms with E-state index >= 15 is 0 Å². The zero-order valence-corrected chi connectivity index (χ0v) is 30.2. The zero-order valence-electron chi connectivity index (χ0n) is 25.7. The molecule has 0 aromatic rings. The number of phosphoric acid groups is 2. The fourth-order valence-corrected chi connectivity index (χ4v) is 9.72. The number of thiol groups is 1. The van der Waals surface area contributed by atoms with Crippen molar-refractivity contribution < 1.29 is 74.6 Å². The first-order valence-corrected chi connectivity index (χ1v) is 22.1. The first-order valence-electron chi connectivity index (χ1n) is 14.1. The van der Waals surface area contributed by atoms with Crippen molar-refractivity contribution in [3.8, 4) is 0 Å². The number of ether oxygens (including phenoxy) is 3. The summed E-state index contributed by atoms with van der Waals surface area (Å²) in [5.41, 5.74) is 0. The minimum absolute atomic E-state index is 0.0545. The lowest BCUT2D eigenvalue weighted by Crippen LogP contribution is -2.34. The second-order valence-corrected chi connectivity index (χ2v) is 20.0. The highest BCUT2D eigenvalue weighted by atomic mass is 32.7. The normalized spacial score (nSPS) is 42.2. The van der Waals surface area contributed by atoms with Gasteiger partial charge in [-0.15, -0.1) is 0 Å². The van der Waals surface area contributed by atoms with E-state index in [0.717, 1.165) is 0 Å². The number of aliphatic hydroxyl groups is 1. The molecule has 4 N–H and O–H groups in total. The Morgan fingerprint density at radius 1 is 0.705 bits per heavy atom. The second kappa shape index (κ2) is 15.2. The van der Waals surface area contributed by atoms with Crippen molar-refractivity contribution >= 4 is 48.3 Å². The van der Waals surface area contributed by atoms with Crippen LogP contribution in [0.15, 0.2) is 0 Å². The van der Waals surface area contributed by atoms with E-state index in [1.165, 1.54) is 0 Å². The molecule has 44 heavy (non-hydrogen) atoms. The molecule has 0 aromatic heterocycles. The molecule has 0 spiro atoms. The van der Waals surface area contributed by atoms with Crippen LogP contribution in [0.25, 0.3) is 0 Å². The highest BCUT2D eigenvalue weighted by molar-refractivity contribution is 8.44. The Morgan fingerprint density at radius 3 is 1.61 bits per heavy atom. The number of rotatable bonds is 15. The molecule has 3 rings (SSSR count). The molecule has 16 nitrogen and oxygen atoms in total. The van der Waals surface area contributed by atoms with Crippen molar-refractivity contribution in [3.05, 3.63) is 0 Å². The Kier molecular flexibility index (Phi) is 13.5. The molecule has 0 bridgehead atoms. The van der Waals surface area contributed by atoms with Crippen molar-refractivity contribution in [2.45, 2.75) is 96.5 Å². The van der Waals surface area contributed by atoms with Crippen LogP contribution in [0, 0.1) is 17.8 Å². The summed E-state index contributed by atoms with van der Waals surface area (Å²) in [4.78, 5) is 27.3. The maximum Gasteiger partial charge on any atom is 0.481 e. The van der Waals surface area contributed by atoms with Crippen LogP contribution in [0.4, 0.5) is 0 Å². The van der Waals surface area contributed by atoms with E-state index in [4.69, 9.17) is 46.6 Å². The van der Waals surface area contributed by atoms with Crippen LogP contribution in [0.3, 0.4) is 0 Å². The smallest absolute Gasteiger partial charge is 0.390 e. The molecule has 0 radical (unpaired) electrons. The maximum atomic E-state index is 13.2. The SMILES string of the molecule is C=P(C)(OCC1O[C@@H](C)[C@H](C)[C@@H]1OP(=O)(S)OCC1O[C@@H](C)[C@H](C)[C@@H]1O)O[C@@H]1C(COP(=O)(O)OP(=O)(O)O)O[C@@H](C)[C@@H]1C. The maximum absolute atomic E-state index is 13.2. The van der Waals surface area contributed by atoms with Gasteiger partial charge < -0.3 is 43.0 Å². The first kappa shape index (κ1) is 39.3. The highest BCUT2D eigenvalue weighted by Gasteiger charge is 2.47. The predicted molar refractivity (Wildman–Crippen MR) is 164 cm³/mol. The zero-order chi connectivity index (χ0) is 33.4. The van der Waals surface area contributed by atoms with Crippen LogP contribution in [0.1, 0.15) is 41.5 Å². The summed E-state index contributed by atoms with van der Waals surface area (Å²) in [6, 6.07) is 0. The van der Waals surface area contributed by atoms with Crippen molar-refractivity contribution in [1.29, 1.82) is 0 Å². The van der Waals surface area contributed by atoms with Crippen molar-refractivity contribution in [1.82, 2.24) is 0 Å². The topological polar surface area (TPSA) is 215 Å². The number of aliphatic hydroxyl groups excluding tert-OH is 1. The number of hydrogen-bond donors (Lipinski definition) is 5. The van der Waals surface area contributed by atoms with Crippen LogP contribution in [-0.4, -0.2) is 108 Å². The van der Waals surface area contributed by atoms with E-state index < -0.39 is 73.0 Å². The second-order valence-electron chi connectivity index (χ2n) is 11.8. The van der Waals surface area contributed by atoms with Crippen molar-refractivity contribution in [3.63, 3.8) is 0 Å². The lowest BCUT2D eigenvalue weighted by molar-refractivity contribution is -0.0261. The van der Waals surface area contributed by atoms with Crippen LogP contribution >= 0.6 is 42.0 Å². The van der Waals surface area contributed by atoms with Crippen LogP contribution in [-0.2, 0) is 54.8 Å². The van der Waals surface area contributed by atoms with E-state index in [1.807, 2.05) is 34.6 Å². The Hall–Kier alpha value is 0.820. The molecular weight excluding hydrogens is 688 g/mol. The highest BCUT2D eigenvalue weighted by Crippen LogP contribution is 2.59. The summed E-state index contributed by atoms with van der Waals surface area (Å²) in [5, 5.41) is 10.3. The van der Waals surface area contributed by atoms with Crippen molar-refractivity contribution in [2.24, 2.45) is 17.8 Å². The minimum Gasteiger partial charge on any atom is -0.390 e. The van der Waals surface area contributed by atoms with Crippen molar-refractivity contribution in [2.75, 3.05) is 26.5 Å². The summed E-state index contributed by atoms with van der Waals surface area (Å²) in [5.74, 6) is -0.569. The van der Waals surface area contributed by atoms with E-state index in [9.17, 15) is 23.7 Å². The van der Waals surface area contributed by atoms with Gasteiger partial charge in [0.25, 0.3) is 0 Å².